The number of halogens is 1. The lowest BCUT2D eigenvalue weighted by Crippen LogP contribution is -2.46. The number of hydrogen-bond acceptors (Lipinski definition) is 3. The zero-order valence-corrected chi connectivity index (χ0v) is 13.2. The predicted octanol–water partition coefficient (Wildman–Crippen LogP) is 1.55. The smallest absolute Gasteiger partial charge is 0.317 e. The molecule has 1 atom stereocenters. The van der Waals surface area contributed by atoms with Crippen molar-refractivity contribution < 1.29 is 14.3 Å². The summed E-state index contributed by atoms with van der Waals surface area (Å²) in [5.74, 6) is -0.256. The van der Waals surface area contributed by atoms with Crippen LogP contribution in [0.5, 0.6) is 0 Å². The maximum absolute atomic E-state index is 14.0. The number of urea groups is 1. The number of β-amino-alcohol motifs (C(OH)–C–C–N with tert-alkyl or cyclic N) is 1. The topological polar surface area (TPSA) is 55.8 Å². The summed E-state index contributed by atoms with van der Waals surface area (Å²) in [6.45, 7) is 1.84. The van der Waals surface area contributed by atoms with Gasteiger partial charge in [-0.15, -0.1) is 0 Å². The lowest BCUT2D eigenvalue weighted by atomic mass is 10.1. The van der Waals surface area contributed by atoms with Crippen LogP contribution in [0.25, 0.3) is 0 Å². The number of benzene rings is 1. The molecule has 0 spiro atoms. The zero-order chi connectivity index (χ0) is 16.1. The van der Waals surface area contributed by atoms with Crippen LogP contribution in [0.15, 0.2) is 18.2 Å². The minimum atomic E-state index is -0.442. The molecule has 2 amide bonds. The molecule has 2 rings (SSSR count). The van der Waals surface area contributed by atoms with Crippen molar-refractivity contribution in [3.63, 3.8) is 0 Å². The van der Waals surface area contributed by atoms with Crippen molar-refractivity contribution in [2.45, 2.75) is 32.0 Å². The number of aliphatic hydroxyl groups excluding tert-OH is 1. The van der Waals surface area contributed by atoms with Gasteiger partial charge in [0.05, 0.1) is 6.10 Å². The van der Waals surface area contributed by atoms with Gasteiger partial charge in [0.1, 0.15) is 5.82 Å². The van der Waals surface area contributed by atoms with Gasteiger partial charge in [0.2, 0.25) is 0 Å². The summed E-state index contributed by atoms with van der Waals surface area (Å²) >= 11 is 0. The number of likely N-dealkylation sites (tertiary alicyclic amines) is 1. The van der Waals surface area contributed by atoms with Gasteiger partial charge in [-0.2, -0.15) is 0 Å². The van der Waals surface area contributed by atoms with E-state index >= 15 is 0 Å². The molecule has 0 aromatic heterocycles. The molecule has 1 aliphatic rings. The molecule has 1 heterocycles. The molecule has 22 heavy (non-hydrogen) atoms. The number of nitrogens with one attached hydrogen (secondary N) is 1. The minimum Gasteiger partial charge on any atom is -0.391 e. The normalized spacial score (nSPS) is 18.6. The Morgan fingerprint density at radius 3 is 2.91 bits per heavy atom. The fourth-order valence-electron chi connectivity index (χ4n) is 2.60. The monoisotopic (exact) mass is 309 g/mol. The standard InChI is InChI=1S/C16H24FN3O2/c1-19(2)10-13-6-5-12(8-15(13)17)9-18-16(22)20-7-3-4-14(21)11-20/h5-6,8,14,21H,3-4,7,9-11H2,1-2H3,(H,18,22). The predicted molar refractivity (Wildman–Crippen MR) is 82.8 cm³/mol. The largest absolute Gasteiger partial charge is 0.391 e. The van der Waals surface area contributed by atoms with Crippen LogP contribution >= 0.6 is 0 Å². The third-order valence-electron chi connectivity index (χ3n) is 3.73. The Bertz CT molecular complexity index is 522. The van der Waals surface area contributed by atoms with Crippen LogP contribution in [0.3, 0.4) is 0 Å². The van der Waals surface area contributed by atoms with Gasteiger partial charge < -0.3 is 20.2 Å². The van der Waals surface area contributed by atoms with Crippen LogP contribution in [-0.4, -0.2) is 54.2 Å². The average Bonchev–Trinajstić information content (AvgIpc) is 2.47. The van der Waals surface area contributed by atoms with Gasteiger partial charge in [-0.3, -0.25) is 0 Å². The Morgan fingerprint density at radius 1 is 1.50 bits per heavy atom. The molecule has 0 saturated carbocycles. The lowest BCUT2D eigenvalue weighted by molar-refractivity contribution is 0.0842. The number of amides is 2. The first-order chi connectivity index (χ1) is 10.5. The molecule has 0 aliphatic carbocycles. The van der Waals surface area contributed by atoms with E-state index in [4.69, 9.17) is 0 Å². The molecule has 122 valence electrons. The zero-order valence-electron chi connectivity index (χ0n) is 13.2. The summed E-state index contributed by atoms with van der Waals surface area (Å²) in [6.07, 6.45) is 1.10. The van der Waals surface area contributed by atoms with Crippen LogP contribution in [-0.2, 0) is 13.1 Å². The first-order valence-corrected chi connectivity index (χ1v) is 7.58. The molecular formula is C16H24FN3O2. The fraction of sp³-hybridized carbons (Fsp3) is 0.562. The highest BCUT2D eigenvalue weighted by molar-refractivity contribution is 5.74. The molecule has 1 saturated heterocycles. The second-order valence-corrected chi connectivity index (χ2v) is 6.06. The Hall–Kier alpha value is -1.66. The molecule has 2 N–H and O–H groups in total. The van der Waals surface area contributed by atoms with Crippen molar-refractivity contribution in [1.82, 2.24) is 15.1 Å². The van der Waals surface area contributed by atoms with Gasteiger partial charge in [-0.1, -0.05) is 12.1 Å². The number of piperidine rings is 1. The Kier molecular flexibility index (Phi) is 5.74. The van der Waals surface area contributed by atoms with Crippen molar-refractivity contribution in [2.24, 2.45) is 0 Å². The molecule has 1 aromatic rings. The number of aliphatic hydroxyl groups is 1. The average molecular weight is 309 g/mol. The van der Waals surface area contributed by atoms with E-state index in [0.29, 0.717) is 25.2 Å². The van der Waals surface area contributed by atoms with E-state index in [-0.39, 0.29) is 18.4 Å². The summed E-state index contributed by atoms with van der Waals surface area (Å²) in [7, 11) is 3.78. The summed E-state index contributed by atoms with van der Waals surface area (Å²) < 4.78 is 14.0. The molecule has 0 bridgehead atoms. The van der Waals surface area contributed by atoms with Crippen LogP contribution < -0.4 is 5.32 Å². The molecule has 6 heteroatoms. The molecule has 1 aromatic carbocycles. The maximum Gasteiger partial charge on any atom is 0.317 e. The van der Waals surface area contributed by atoms with Gasteiger partial charge >= 0.3 is 6.03 Å². The molecule has 1 fully saturated rings. The van der Waals surface area contributed by atoms with Gasteiger partial charge in [0.15, 0.2) is 0 Å². The number of rotatable bonds is 4. The molecular weight excluding hydrogens is 285 g/mol. The first kappa shape index (κ1) is 16.7. The van der Waals surface area contributed by atoms with E-state index in [1.165, 1.54) is 6.07 Å². The van der Waals surface area contributed by atoms with Crippen LogP contribution in [0.1, 0.15) is 24.0 Å². The summed E-state index contributed by atoms with van der Waals surface area (Å²) in [5.41, 5.74) is 1.37. The second kappa shape index (κ2) is 7.56. The number of carbonyl (C=O) groups is 1. The van der Waals surface area contributed by atoms with Crippen molar-refractivity contribution in [3.05, 3.63) is 35.1 Å². The highest BCUT2D eigenvalue weighted by Crippen LogP contribution is 2.13. The summed E-state index contributed by atoms with van der Waals surface area (Å²) in [6, 6.07) is 4.83. The van der Waals surface area contributed by atoms with E-state index in [0.717, 1.165) is 18.4 Å². The SMILES string of the molecule is CN(C)Cc1ccc(CNC(=O)N2CCCC(O)C2)cc1F. The van der Waals surface area contributed by atoms with E-state index in [2.05, 4.69) is 5.32 Å². The molecule has 0 radical (unpaired) electrons. The maximum atomic E-state index is 14.0. The minimum absolute atomic E-state index is 0.212. The van der Waals surface area contributed by atoms with E-state index in [1.807, 2.05) is 25.1 Å². The number of nitrogens with zero attached hydrogens (tertiary/aromatic N) is 2. The van der Waals surface area contributed by atoms with Crippen molar-refractivity contribution >= 4 is 6.03 Å². The Balaban J connectivity index is 1.88. The van der Waals surface area contributed by atoms with Crippen LogP contribution in [0.2, 0.25) is 0 Å². The van der Waals surface area contributed by atoms with Crippen molar-refractivity contribution in [2.75, 3.05) is 27.2 Å². The van der Waals surface area contributed by atoms with Gasteiger partial charge in [0.25, 0.3) is 0 Å². The van der Waals surface area contributed by atoms with E-state index in [9.17, 15) is 14.3 Å². The fourth-order valence-corrected chi connectivity index (χ4v) is 2.60. The Labute approximate surface area is 130 Å². The molecule has 1 unspecified atom stereocenters. The van der Waals surface area contributed by atoms with Crippen LogP contribution in [0, 0.1) is 5.82 Å². The summed E-state index contributed by atoms with van der Waals surface area (Å²) in [5, 5.41) is 12.4. The highest BCUT2D eigenvalue weighted by Gasteiger charge is 2.21. The quantitative estimate of drug-likeness (QED) is 0.887. The Morgan fingerprint density at radius 2 is 2.27 bits per heavy atom. The van der Waals surface area contributed by atoms with Gasteiger partial charge in [0, 0.05) is 31.7 Å². The number of hydrogen-bond donors (Lipinski definition) is 2. The van der Waals surface area contributed by atoms with E-state index in [1.54, 1.807) is 11.0 Å². The third kappa shape index (κ3) is 4.68. The van der Waals surface area contributed by atoms with Gasteiger partial charge in [-0.25, -0.2) is 9.18 Å². The first-order valence-electron chi connectivity index (χ1n) is 7.58. The van der Waals surface area contributed by atoms with E-state index < -0.39 is 6.10 Å². The van der Waals surface area contributed by atoms with Crippen molar-refractivity contribution in [1.29, 1.82) is 0 Å². The second-order valence-electron chi connectivity index (χ2n) is 6.06. The van der Waals surface area contributed by atoms with Gasteiger partial charge in [-0.05, 0) is 38.6 Å². The van der Waals surface area contributed by atoms with Crippen molar-refractivity contribution in [3.8, 4) is 0 Å². The highest BCUT2D eigenvalue weighted by atomic mass is 19.1. The molecule has 5 nitrogen and oxygen atoms in total. The number of carbonyl (C=O) groups excluding carboxylic acids is 1. The summed E-state index contributed by atoms with van der Waals surface area (Å²) in [4.78, 5) is 15.5. The molecule has 1 aliphatic heterocycles. The lowest BCUT2D eigenvalue weighted by Gasteiger charge is -2.30. The third-order valence-corrected chi connectivity index (χ3v) is 3.73. The van der Waals surface area contributed by atoms with Crippen LogP contribution in [0.4, 0.5) is 9.18 Å².